The molecule has 0 radical (unpaired) electrons. The van der Waals surface area contributed by atoms with Crippen molar-refractivity contribution in [2.24, 2.45) is 0 Å². The number of aromatic nitrogens is 3. The Labute approximate surface area is 240 Å². The van der Waals surface area contributed by atoms with Gasteiger partial charge in [0.1, 0.15) is 18.2 Å². The van der Waals surface area contributed by atoms with E-state index < -0.39 is 0 Å². The summed E-state index contributed by atoms with van der Waals surface area (Å²) >= 11 is 5.87. The Morgan fingerprint density at radius 3 is 2.62 bits per heavy atom. The smallest absolute Gasteiger partial charge is 0.213 e. The van der Waals surface area contributed by atoms with Crippen molar-refractivity contribution in [3.05, 3.63) is 88.1 Å². The molecule has 2 aromatic carbocycles. The maximum atomic E-state index is 14.2. The van der Waals surface area contributed by atoms with Gasteiger partial charge in [-0.2, -0.15) is 0 Å². The first-order chi connectivity index (χ1) is 19.5. The molecule has 0 aliphatic carbocycles. The van der Waals surface area contributed by atoms with Gasteiger partial charge >= 0.3 is 0 Å². The van der Waals surface area contributed by atoms with E-state index in [9.17, 15) is 4.39 Å². The summed E-state index contributed by atoms with van der Waals surface area (Å²) in [5, 5.41) is 0.373. The molecule has 4 heterocycles. The lowest BCUT2D eigenvalue weighted by atomic mass is 9.92. The summed E-state index contributed by atoms with van der Waals surface area (Å²) in [6, 6.07) is 17.3. The topological polar surface area (TPSA) is 52.4 Å². The van der Waals surface area contributed by atoms with Crippen LogP contribution < -0.4 is 4.74 Å². The highest BCUT2D eigenvalue weighted by molar-refractivity contribution is 6.30. The molecule has 0 spiro atoms. The van der Waals surface area contributed by atoms with Crippen molar-refractivity contribution in [2.75, 3.05) is 19.7 Å². The molecule has 0 saturated carbocycles. The van der Waals surface area contributed by atoms with E-state index >= 15 is 0 Å². The third-order valence-electron chi connectivity index (χ3n) is 8.32. The molecule has 0 N–H and O–H groups in total. The van der Waals surface area contributed by atoms with Crippen molar-refractivity contribution in [3.8, 4) is 5.88 Å². The van der Waals surface area contributed by atoms with E-state index in [4.69, 9.17) is 31.0 Å². The molecular formula is C32H36ClFN4O2. The highest BCUT2D eigenvalue weighted by atomic mass is 35.5. The normalized spacial score (nSPS) is 19.1. The van der Waals surface area contributed by atoms with Crippen molar-refractivity contribution in [1.29, 1.82) is 0 Å². The number of ether oxygens (including phenoxy) is 2. The molecule has 40 heavy (non-hydrogen) atoms. The van der Waals surface area contributed by atoms with E-state index in [-0.39, 0.29) is 24.6 Å². The van der Waals surface area contributed by atoms with E-state index in [1.807, 2.05) is 12.1 Å². The van der Waals surface area contributed by atoms with Crippen LogP contribution in [0.2, 0.25) is 5.02 Å². The molecule has 2 unspecified atom stereocenters. The molecule has 4 aromatic rings. The molecule has 2 fully saturated rings. The Morgan fingerprint density at radius 1 is 1.07 bits per heavy atom. The summed E-state index contributed by atoms with van der Waals surface area (Å²) in [5.41, 5.74) is 5.01. The van der Waals surface area contributed by atoms with Gasteiger partial charge in [0.05, 0.1) is 29.7 Å². The van der Waals surface area contributed by atoms with Gasteiger partial charge in [0.2, 0.25) is 5.88 Å². The highest BCUT2D eigenvalue weighted by Gasteiger charge is 2.31. The van der Waals surface area contributed by atoms with Gasteiger partial charge in [-0.3, -0.25) is 4.90 Å². The van der Waals surface area contributed by atoms with Crippen LogP contribution in [-0.4, -0.2) is 45.2 Å². The minimum absolute atomic E-state index is 0.114. The summed E-state index contributed by atoms with van der Waals surface area (Å²) in [6.07, 6.45) is 4.42. The zero-order valence-corrected chi connectivity index (χ0v) is 23.9. The Hall–Kier alpha value is -3.00. The van der Waals surface area contributed by atoms with Gasteiger partial charge in [0, 0.05) is 34.9 Å². The van der Waals surface area contributed by atoms with E-state index in [1.54, 1.807) is 12.1 Å². The third-order valence-corrected chi connectivity index (χ3v) is 8.56. The van der Waals surface area contributed by atoms with E-state index in [2.05, 4.69) is 47.6 Å². The molecule has 2 saturated heterocycles. The Morgan fingerprint density at radius 2 is 1.90 bits per heavy atom. The van der Waals surface area contributed by atoms with Gasteiger partial charge in [-0.1, -0.05) is 36.7 Å². The standard InChI is InChI=1S/C32H36ClFN4O2/c1-3-29(32-36-28-10-7-21(2)17-30(28)38(32)19-25-13-16-39-25)37-14-11-22(12-15-37)27-5-4-6-31(35-27)40-20-23-8-9-24(33)18-26(23)34/h4-10,17-18,22,25,29H,3,11-16,19-20H2,1-2H3. The number of rotatable bonds is 9. The fourth-order valence-electron chi connectivity index (χ4n) is 5.97. The largest absolute Gasteiger partial charge is 0.473 e. The van der Waals surface area contributed by atoms with Gasteiger partial charge in [0.15, 0.2) is 0 Å². The zero-order valence-electron chi connectivity index (χ0n) is 23.2. The second kappa shape index (κ2) is 11.9. The molecule has 2 aliphatic rings. The predicted octanol–water partition coefficient (Wildman–Crippen LogP) is 7.23. The van der Waals surface area contributed by atoms with Gasteiger partial charge in [-0.05, 0) is 81.6 Å². The number of hydrogen-bond donors (Lipinski definition) is 0. The SMILES string of the molecule is CCC(c1nc2ccc(C)cc2n1CC1CCO1)N1CCC(c2cccc(OCc3ccc(Cl)cc3F)n2)CC1. The summed E-state index contributed by atoms with van der Waals surface area (Å²) in [6.45, 7) is 8.19. The number of pyridine rings is 1. The molecule has 0 amide bonds. The number of benzene rings is 2. The minimum Gasteiger partial charge on any atom is -0.473 e. The second-order valence-electron chi connectivity index (χ2n) is 11.0. The lowest BCUT2D eigenvalue weighted by Crippen LogP contribution is -2.38. The molecule has 8 heteroatoms. The van der Waals surface area contributed by atoms with Crippen LogP contribution in [0.5, 0.6) is 5.88 Å². The fraction of sp³-hybridized carbons (Fsp3) is 0.438. The minimum atomic E-state index is -0.370. The van der Waals surface area contributed by atoms with Gasteiger partial charge in [0.25, 0.3) is 0 Å². The third kappa shape index (κ3) is 5.73. The molecule has 6 rings (SSSR count). The van der Waals surface area contributed by atoms with Crippen LogP contribution in [0, 0.1) is 12.7 Å². The van der Waals surface area contributed by atoms with Crippen LogP contribution in [0.25, 0.3) is 11.0 Å². The van der Waals surface area contributed by atoms with Crippen molar-refractivity contribution in [2.45, 2.75) is 70.7 Å². The molecule has 2 atom stereocenters. The van der Waals surface area contributed by atoms with Gasteiger partial charge in [-0.25, -0.2) is 14.4 Å². The summed E-state index contributed by atoms with van der Waals surface area (Å²) in [5.74, 6) is 1.66. The molecular weight excluding hydrogens is 527 g/mol. The van der Waals surface area contributed by atoms with Crippen LogP contribution in [0.4, 0.5) is 4.39 Å². The first-order valence-corrected chi connectivity index (χ1v) is 14.7. The monoisotopic (exact) mass is 562 g/mol. The van der Waals surface area contributed by atoms with Gasteiger partial charge < -0.3 is 14.0 Å². The fourth-order valence-corrected chi connectivity index (χ4v) is 6.13. The number of nitrogens with zero attached hydrogens (tertiary/aromatic N) is 4. The average molecular weight is 563 g/mol. The van der Waals surface area contributed by atoms with Crippen molar-refractivity contribution < 1.29 is 13.9 Å². The molecule has 2 aromatic heterocycles. The summed E-state index contributed by atoms with van der Waals surface area (Å²) < 4.78 is 28.2. The van der Waals surface area contributed by atoms with Crippen LogP contribution in [0.1, 0.15) is 67.2 Å². The number of hydrogen-bond acceptors (Lipinski definition) is 5. The lowest BCUT2D eigenvalue weighted by molar-refractivity contribution is -0.0595. The molecule has 0 bridgehead atoms. The van der Waals surface area contributed by atoms with Crippen LogP contribution in [0.15, 0.2) is 54.6 Å². The Balaban J connectivity index is 1.14. The van der Waals surface area contributed by atoms with Crippen molar-refractivity contribution >= 4 is 22.6 Å². The van der Waals surface area contributed by atoms with Gasteiger partial charge in [-0.15, -0.1) is 0 Å². The van der Waals surface area contributed by atoms with E-state index in [0.717, 1.165) is 69.0 Å². The quantitative estimate of drug-likeness (QED) is 0.215. The predicted molar refractivity (Wildman–Crippen MR) is 155 cm³/mol. The number of aryl methyl sites for hydroxylation is 1. The maximum absolute atomic E-state index is 14.2. The maximum Gasteiger partial charge on any atom is 0.213 e. The first-order valence-electron chi connectivity index (χ1n) is 14.3. The Kier molecular flexibility index (Phi) is 8.05. The number of piperidine rings is 1. The van der Waals surface area contributed by atoms with E-state index in [1.165, 1.54) is 17.1 Å². The second-order valence-corrected chi connectivity index (χ2v) is 11.5. The lowest BCUT2D eigenvalue weighted by Gasteiger charge is -2.37. The summed E-state index contributed by atoms with van der Waals surface area (Å²) in [4.78, 5) is 12.5. The number of fused-ring (bicyclic) bond motifs is 1. The van der Waals surface area contributed by atoms with Crippen molar-refractivity contribution in [1.82, 2.24) is 19.4 Å². The average Bonchev–Trinajstić information content (AvgIpc) is 3.28. The number of imidazole rings is 1. The Bertz CT molecular complexity index is 1480. The zero-order chi connectivity index (χ0) is 27.6. The van der Waals surface area contributed by atoms with E-state index in [0.29, 0.717) is 22.4 Å². The molecule has 2 aliphatic heterocycles. The van der Waals surface area contributed by atoms with Crippen LogP contribution in [0.3, 0.4) is 0 Å². The summed E-state index contributed by atoms with van der Waals surface area (Å²) in [7, 11) is 0. The van der Waals surface area contributed by atoms with Crippen molar-refractivity contribution in [3.63, 3.8) is 0 Å². The first kappa shape index (κ1) is 27.2. The molecule has 210 valence electrons. The molecule has 6 nitrogen and oxygen atoms in total. The number of likely N-dealkylation sites (tertiary alicyclic amines) is 1. The highest BCUT2D eigenvalue weighted by Crippen LogP contribution is 2.35. The van der Waals surface area contributed by atoms with Crippen LogP contribution >= 0.6 is 11.6 Å². The number of halogens is 2. The van der Waals surface area contributed by atoms with Crippen LogP contribution in [-0.2, 0) is 17.9 Å².